The Labute approximate surface area is 248 Å². The number of halogens is 1. The van der Waals surface area contributed by atoms with Crippen LogP contribution in [0.15, 0.2) is 72.8 Å². The third-order valence-corrected chi connectivity index (χ3v) is 8.03. The highest BCUT2D eigenvalue weighted by molar-refractivity contribution is 14.1. The van der Waals surface area contributed by atoms with E-state index in [1.807, 2.05) is 36.4 Å². The van der Waals surface area contributed by atoms with Crippen LogP contribution in [0, 0.1) is 3.57 Å². The van der Waals surface area contributed by atoms with Gasteiger partial charge in [-0.1, -0.05) is 72.9 Å². The lowest BCUT2D eigenvalue weighted by Gasteiger charge is -2.17. The lowest BCUT2D eigenvalue weighted by molar-refractivity contribution is -0.139. The van der Waals surface area contributed by atoms with Crippen LogP contribution in [-0.2, 0) is 16.0 Å². The van der Waals surface area contributed by atoms with E-state index in [2.05, 4.69) is 69.6 Å². The molecule has 39 heavy (non-hydrogen) atoms. The Morgan fingerprint density at radius 3 is 2.21 bits per heavy atom. The van der Waals surface area contributed by atoms with E-state index in [0.717, 1.165) is 52.9 Å². The second-order valence-corrected chi connectivity index (χ2v) is 11.4. The number of fused-ring (bicyclic) bond motifs is 3. The number of nitrogens with one attached hydrogen (secondary N) is 2. The van der Waals surface area contributed by atoms with E-state index in [0.29, 0.717) is 19.4 Å². The maximum Gasteiger partial charge on any atom is 0.407 e. The average Bonchev–Trinajstić information content (AvgIpc) is 3.25. The number of alkyl carbamates (subject to hydrolysis) is 1. The number of aryl methyl sites for hydroxylation is 1. The van der Waals surface area contributed by atoms with Crippen molar-refractivity contribution in [2.75, 3.05) is 13.2 Å². The predicted octanol–water partition coefficient (Wildman–Crippen LogP) is 6.69. The number of ether oxygens (including phenoxy) is 1. The maximum absolute atomic E-state index is 12.5. The van der Waals surface area contributed by atoms with Gasteiger partial charge in [-0.3, -0.25) is 0 Å². The summed E-state index contributed by atoms with van der Waals surface area (Å²) >= 11 is 7.73. The lowest BCUT2D eigenvalue weighted by Crippen LogP contribution is -2.41. The molecule has 0 fully saturated rings. The fourth-order valence-corrected chi connectivity index (χ4v) is 5.54. The average molecular weight is 657 g/mol. The van der Waals surface area contributed by atoms with E-state index in [1.165, 1.54) is 9.13 Å². The van der Waals surface area contributed by atoms with Crippen LogP contribution in [0.25, 0.3) is 11.1 Å². The summed E-state index contributed by atoms with van der Waals surface area (Å²) < 4.78 is 6.74. The summed E-state index contributed by atoms with van der Waals surface area (Å²) in [6.45, 7) is 0.830. The molecule has 3 aromatic rings. The number of carbonyl (C=O) groups excluding carboxylic acids is 1. The van der Waals surface area contributed by atoms with E-state index in [-0.39, 0.29) is 12.5 Å². The van der Waals surface area contributed by atoms with E-state index in [9.17, 15) is 14.7 Å². The standard InChI is InChI=1S/C31H33IN2O4S/c32-22-17-15-21(16-18-22)8-7-14-29(39)33-19-6-5-13-28(30(35)36)34-31(37)38-20-27-25-11-3-1-9-23(25)24-10-2-4-12-26(24)27/h1-4,9-12,15-18,27-28H,5-8,13-14,19-20H2,(H,33,39)(H,34,37)(H,35,36)/t28-/m0/s1. The first-order valence-electron chi connectivity index (χ1n) is 13.3. The van der Waals surface area contributed by atoms with E-state index in [4.69, 9.17) is 17.0 Å². The minimum atomic E-state index is -1.07. The lowest BCUT2D eigenvalue weighted by atomic mass is 9.98. The number of hydrogen-bond acceptors (Lipinski definition) is 4. The quantitative estimate of drug-likeness (QED) is 0.108. The summed E-state index contributed by atoms with van der Waals surface area (Å²) in [5, 5.41) is 15.4. The molecular weight excluding hydrogens is 623 g/mol. The number of carbonyl (C=O) groups is 2. The normalized spacial score (nSPS) is 12.7. The zero-order valence-corrected chi connectivity index (χ0v) is 24.7. The van der Waals surface area contributed by atoms with Crippen LogP contribution >= 0.6 is 34.8 Å². The van der Waals surface area contributed by atoms with E-state index in [1.54, 1.807) is 0 Å². The smallest absolute Gasteiger partial charge is 0.407 e. The minimum absolute atomic E-state index is 0.0714. The summed E-state index contributed by atoms with van der Waals surface area (Å²) in [6, 6.07) is 23.7. The molecule has 0 unspecified atom stereocenters. The van der Waals surface area contributed by atoms with Crippen molar-refractivity contribution < 1.29 is 19.4 Å². The summed E-state index contributed by atoms with van der Waals surface area (Å²) in [5.74, 6) is -1.14. The Morgan fingerprint density at radius 1 is 0.923 bits per heavy atom. The summed E-state index contributed by atoms with van der Waals surface area (Å²) in [5.41, 5.74) is 5.82. The number of hydrogen-bond donors (Lipinski definition) is 3. The Morgan fingerprint density at radius 2 is 1.56 bits per heavy atom. The Bertz CT molecular complexity index is 1250. The molecule has 0 radical (unpaired) electrons. The monoisotopic (exact) mass is 656 g/mol. The van der Waals surface area contributed by atoms with Gasteiger partial charge in [0.1, 0.15) is 12.6 Å². The third kappa shape index (κ3) is 8.25. The molecule has 1 amide bonds. The molecule has 3 N–H and O–H groups in total. The molecule has 0 bridgehead atoms. The highest BCUT2D eigenvalue weighted by Gasteiger charge is 2.29. The zero-order chi connectivity index (χ0) is 27.6. The van der Waals surface area contributed by atoms with Crippen LogP contribution in [0.5, 0.6) is 0 Å². The number of amides is 1. The van der Waals surface area contributed by atoms with Crippen molar-refractivity contribution >= 4 is 51.9 Å². The zero-order valence-electron chi connectivity index (χ0n) is 21.7. The molecule has 0 saturated heterocycles. The highest BCUT2D eigenvalue weighted by atomic mass is 127. The fraction of sp³-hybridized carbons (Fsp3) is 0.323. The van der Waals surface area contributed by atoms with Gasteiger partial charge in [-0.15, -0.1) is 0 Å². The third-order valence-electron chi connectivity index (χ3n) is 6.96. The number of rotatable bonds is 13. The predicted molar refractivity (Wildman–Crippen MR) is 166 cm³/mol. The SMILES string of the molecule is O=C(N[C@@H](CCCCNC(=S)CCCc1ccc(I)cc1)C(=O)O)OCC1c2ccccc2-c2ccccc21. The fourth-order valence-electron chi connectivity index (χ4n) is 4.93. The van der Waals surface area contributed by atoms with Crippen molar-refractivity contribution in [1.82, 2.24) is 10.6 Å². The number of aliphatic carboxylic acids is 1. The van der Waals surface area contributed by atoms with Crippen molar-refractivity contribution in [3.8, 4) is 11.1 Å². The van der Waals surface area contributed by atoms with Gasteiger partial charge >= 0.3 is 12.1 Å². The van der Waals surface area contributed by atoms with Crippen LogP contribution in [0.3, 0.4) is 0 Å². The van der Waals surface area contributed by atoms with Crippen molar-refractivity contribution in [1.29, 1.82) is 0 Å². The molecular formula is C31H33IN2O4S. The summed E-state index contributed by atoms with van der Waals surface area (Å²) in [6.07, 6.45) is 3.80. The summed E-state index contributed by atoms with van der Waals surface area (Å²) in [4.78, 5) is 25.1. The van der Waals surface area contributed by atoms with Crippen LogP contribution in [0.2, 0.25) is 0 Å². The van der Waals surface area contributed by atoms with Gasteiger partial charge in [0.15, 0.2) is 0 Å². The van der Waals surface area contributed by atoms with Crippen LogP contribution in [0.1, 0.15) is 54.7 Å². The Kier molecular flexibility index (Phi) is 10.7. The molecule has 1 aliphatic rings. The van der Waals surface area contributed by atoms with Gasteiger partial charge in [-0.05, 0) is 101 Å². The van der Waals surface area contributed by atoms with Gasteiger partial charge < -0.3 is 20.5 Å². The van der Waals surface area contributed by atoms with Gasteiger partial charge in [0.25, 0.3) is 0 Å². The second kappa shape index (κ2) is 14.4. The number of benzene rings is 3. The van der Waals surface area contributed by atoms with Gasteiger partial charge in [-0.2, -0.15) is 0 Å². The van der Waals surface area contributed by atoms with Crippen molar-refractivity contribution in [2.45, 2.75) is 50.5 Å². The number of carboxylic acid groups (broad SMARTS) is 1. The molecule has 204 valence electrons. The molecule has 6 nitrogen and oxygen atoms in total. The second-order valence-electron chi connectivity index (χ2n) is 9.69. The van der Waals surface area contributed by atoms with Gasteiger partial charge in [0.2, 0.25) is 0 Å². The molecule has 1 aliphatic carbocycles. The van der Waals surface area contributed by atoms with Crippen molar-refractivity contribution in [3.05, 3.63) is 93.1 Å². The number of thiocarbonyl (C=S) groups is 1. The first kappa shape index (κ1) is 29.0. The van der Waals surface area contributed by atoms with E-state index < -0.39 is 18.1 Å². The molecule has 0 aliphatic heterocycles. The van der Waals surface area contributed by atoms with Crippen molar-refractivity contribution in [2.24, 2.45) is 0 Å². The first-order chi connectivity index (χ1) is 18.9. The van der Waals surface area contributed by atoms with Gasteiger partial charge in [-0.25, -0.2) is 9.59 Å². The van der Waals surface area contributed by atoms with Crippen molar-refractivity contribution in [3.63, 3.8) is 0 Å². The highest BCUT2D eigenvalue weighted by Crippen LogP contribution is 2.44. The van der Waals surface area contributed by atoms with Gasteiger partial charge in [0, 0.05) is 16.0 Å². The van der Waals surface area contributed by atoms with Crippen LogP contribution < -0.4 is 10.6 Å². The molecule has 4 rings (SSSR count). The molecule has 0 spiro atoms. The molecule has 3 aromatic carbocycles. The maximum atomic E-state index is 12.5. The van der Waals surface area contributed by atoms with Crippen LogP contribution in [-0.4, -0.2) is 41.4 Å². The largest absolute Gasteiger partial charge is 0.480 e. The Balaban J connectivity index is 1.14. The first-order valence-corrected chi connectivity index (χ1v) is 14.8. The Hall–Kier alpha value is -2.98. The van der Waals surface area contributed by atoms with Crippen LogP contribution in [0.4, 0.5) is 4.79 Å². The number of carboxylic acids is 1. The van der Waals surface area contributed by atoms with Gasteiger partial charge in [0.05, 0.1) is 4.99 Å². The van der Waals surface area contributed by atoms with E-state index >= 15 is 0 Å². The molecule has 1 atom stereocenters. The summed E-state index contributed by atoms with van der Waals surface area (Å²) in [7, 11) is 0. The topological polar surface area (TPSA) is 87.7 Å². The molecule has 0 heterocycles. The molecule has 8 heteroatoms. The molecule has 0 saturated carbocycles. The molecule has 0 aromatic heterocycles. The minimum Gasteiger partial charge on any atom is -0.480 e. The number of unbranched alkanes of at least 4 members (excludes halogenated alkanes) is 1.